The van der Waals surface area contributed by atoms with Crippen molar-refractivity contribution in [3.05, 3.63) is 59.7 Å². The van der Waals surface area contributed by atoms with Crippen LogP contribution in [0.3, 0.4) is 0 Å². The maximum absolute atomic E-state index is 13.0. The van der Waals surface area contributed by atoms with Crippen molar-refractivity contribution >= 4 is 15.5 Å². The molecule has 134 valence electrons. The molecule has 0 saturated carbocycles. The fourth-order valence-corrected chi connectivity index (χ4v) is 5.81. The second-order valence-corrected chi connectivity index (χ2v) is 9.32. The Hall–Kier alpha value is -1.85. The lowest BCUT2D eigenvalue weighted by Crippen LogP contribution is -2.37. The molecule has 0 radical (unpaired) electrons. The number of aliphatic hydroxyl groups excluding tert-OH is 1. The first-order valence-corrected chi connectivity index (χ1v) is 10.2. The van der Waals surface area contributed by atoms with Crippen molar-refractivity contribution in [3.8, 4) is 0 Å². The van der Waals surface area contributed by atoms with Crippen molar-refractivity contribution in [1.29, 1.82) is 0 Å². The molecule has 4 nitrogen and oxygen atoms in total. The van der Waals surface area contributed by atoms with E-state index in [4.69, 9.17) is 0 Å². The van der Waals surface area contributed by atoms with E-state index in [2.05, 4.69) is 5.32 Å². The SMILES string of the molecule is CCNc1ccc2c(c1)C(c1ccccc1)C(O)C(C)(C)CS2(=O)=O. The lowest BCUT2D eigenvalue weighted by atomic mass is 9.75. The van der Waals surface area contributed by atoms with E-state index in [1.54, 1.807) is 12.1 Å². The molecule has 2 atom stereocenters. The van der Waals surface area contributed by atoms with Gasteiger partial charge in [-0.3, -0.25) is 0 Å². The summed E-state index contributed by atoms with van der Waals surface area (Å²) in [5, 5.41) is 14.4. The molecule has 25 heavy (non-hydrogen) atoms. The highest BCUT2D eigenvalue weighted by Gasteiger charge is 2.44. The molecule has 0 bridgehead atoms. The molecule has 0 spiro atoms. The predicted octanol–water partition coefficient (Wildman–Crippen LogP) is 3.42. The van der Waals surface area contributed by atoms with Gasteiger partial charge in [-0.1, -0.05) is 44.2 Å². The number of hydrogen-bond donors (Lipinski definition) is 2. The highest BCUT2D eigenvalue weighted by Crippen LogP contribution is 2.45. The lowest BCUT2D eigenvalue weighted by molar-refractivity contribution is 0.0521. The molecule has 0 fully saturated rings. The van der Waals surface area contributed by atoms with Crippen LogP contribution in [-0.4, -0.2) is 31.9 Å². The Kier molecular flexibility index (Phi) is 4.64. The van der Waals surface area contributed by atoms with Crippen molar-refractivity contribution in [1.82, 2.24) is 0 Å². The van der Waals surface area contributed by atoms with Crippen molar-refractivity contribution in [2.24, 2.45) is 5.41 Å². The van der Waals surface area contributed by atoms with E-state index in [9.17, 15) is 13.5 Å². The Bertz CT molecular complexity index is 860. The number of sulfone groups is 1. The summed E-state index contributed by atoms with van der Waals surface area (Å²) in [5.41, 5.74) is 1.71. The first kappa shape index (κ1) is 18.0. The largest absolute Gasteiger partial charge is 0.392 e. The zero-order valence-electron chi connectivity index (χ0n) is 14.9. The van der Waals surface area contributed by atoms with Crippen LogP contribution in [0.1, 0.15) is 37.8 Å². The molecular weight excluding hydrogens is 334 g/mol. The van der Waals surface area contributed by atoms with Crippen LogP contribution < -0.4 is 5.32 Å². The Labute approximate surface area is 149 Å². The normalized spacial score (nSPS) is 24.2. The monoisotopic (exact) mass is 359 g/mol. The topological polar surface area (TPSA) is 66.4 Å². The molecule has 1 aliphatic rings. The average molecular weight is 359 g/mol. The van der Waals surface area contributed by atoms with Gasteiger partial charge in [-0.25, -0.2) is 8.42 Å². The van der Waals surface area contributed by atoms with Crippen LogP contribution in [0.15, 0.2) is 53.4 Å². The first-order valence-electron chi connectivity index (χ1n) is 8.60. The summed E-state index contributed by atoms with van der Waals surface area (Å²) < 4.78 is 25.9. The zero-order valence-corrected chi connectivity index (χ0v) is 15.7. The summed E-state index contributed by atoms with van der Waals surface area (Å²) in [5.74, 6) is -0.458. The number of rotatable bonds is 3. The van der Waals surface area contributed by atoms with Crippen molar-refractivity contribution < 1.29 is 13.5 Å². The maximum atomic E-state index is 13.0. The minimum Gasteiger partial charge on any atom is -0.392 e. The van der Waals surface area contributed by atoms with Crippen LogP contribution in [0.4, 0.5) is 5.69 Å². The second-order valence-electron chi connectivity index (χ2n) is 7.36. The van der Waals surface area contributed by atoms with Crippen LogP contribution in [-0.2, 0) is 9.84 Å². The lowest BCUT2D eigenvalue weighted by Gasteiger charge is -2.33. The smallest absolute Gasteiger partial charge is 0.179 e. The molecule has 0 aliphatic carbocycles. The van der Waals surface area contributed by atoms with Crippen LogP contribution in [0, 0.1) is 5.41 Å². The molecular formula is C20H25NO3S. The van der Waals surface area contributed by atoms with Crippen molar-refractivity contribution in [2.75, 3.05) is 17.6 Å². The molecule has 3 rings (SSSR count). The number of fused-ring (bicyclic) bond motifs is 1. The maximum Gasteiger partial charge on any atom is 0.179 e. The fourth-order valence-electron chi connectivity index (χ4n) is 3.69. The van der Waals surface area contributed by atoms with E-state index in [1.165, 1.54) is 0 Å². The number of aliphatic hydroxyl groups is 1. The molecule has 2 aromatic rings. The summed E-state index contributed by atoms with van der Waals surface area (Å²) >= 11 is 0. The summed E-state index contributed by atoms with van der Waals surface area (Å²) in [4.78, 5) is 0.327. The van der Waals surface area contributed by atoms with E-state index in [0.717, 1.165) is 17.8 Å². The van der Waals surface area contributed by atoms with Crippen molar-refractivity contribution in [2.45, 2.75) is 37.7 Å². The predicted molar refractivity (Wildman–Crippen MR) is 101 cm³/mol. The van der Waals surface area contributed by atoms with E-state index < -0.39 is 21.4 Å². The minimum absolute atomic E-state index is 0.0714. The molecule has 2 N–H and O–H groups in total. The molecule has 2 aromatic carbocycles. The van der Waals surface area contributed by atoms with Crippen molar-refractivity contribution in [3.63, 3.8) is 0 Å². The summed E-state index contributed by atoms with van der Waals surface area (Å²) in [6, 6.07) is 15.0. The molecule has 0 amide bonds. The van der Waals surface area contributed by atoms with Crippen LogP contribution >= 0.6 is 0 Å². The Balaban J connectivity index is 2.29. The van der Waals surface area contributed by atoms with E-state index in [-0.39, 0.29) is 11.7 Å². The highest BCUT2D eigenvalue weighted by molar-refractivity contribution is 7.91. The van der Waals surface area contributed by atoms with Gasteiger partial charge in [-0.15, -0.1) is 0 Å². The van der Waals surface area contributed by atoms with E-state index in [0.29, 0.717) is 10.5 Å². The Morgan fingerprint density at radius 1 is 1.16 bits per heavy atom. The fraction of sp³-hybridized carbons (Fsp3) is 0.400. The summed E-state index contributed by atoms with van der Waals surface area (Å²) in [6.45, 7) is 6.38. The molecule has 1 aliphatic heterocycles. The molecule has 2 unspecified atom stereocenters. The van der Waals surface area contributed by atoms with Crippen LogP contribution in [0.5, 0.6) is 0 Å². The Morgan fingerprint density at radius 3 is 2.48 bits per heavy atom. The third kappa shape index (κ3) is 3.31. The van der Waals surface area contributed by atoms with Gasteiger partial charge in [-0.2, -0.15) is 0 Å². The second kappa shape index (κ2) is 6.46. The van der Waals surface area contributed by atoms with E-state index >= 15 is 0 Å². The van der Waals surface area contributed by atoms with Gasteiger partial charge >= 0.3 is 0 Å². The molecule has 0 saturated heterocycles. The standard InChI is InChI=1S/C20H25NO3S/c1-4-21-15-10-11-17-16(12-15)18(14-8-6-5-7-9-14)19(22)20(2,3)13-25(17,23)24/h5-12,18-19,21-22H,4,13H2,1-3H3. The van der Waals surface area contributed by atoms with E-state index in [1.807, 2.05) is 57.2 Å². The quantitative estimate of drug-likeness (QED) is 0.881. The summed E-state index contributed by atoms with van der Waals surface area (Å²) in [7, 11) is -3.48. The van der Waals surface area contributed by atoms with Crippen LogP contribution in [0.2, 0.25) is 0 Å². The average Bonchev–Trinajstić information content (AvgIpc) is 2.60. The van der Waals surface area contributed by atoms with Gasteiger partial charge in [0.25, 0.3) is 0 Å². The number of nitrogens with one attached hydrogen (secondary N) is 1. The van der Waals surface area contributed by atoms with Gasteiger partial charge < -0.3 is 10.4 Å². The molecule has 5 heteroatoms. The molecule has 0 aromatic heterocycles. The highest BCUT2D eigenvalue weighted by atomic mass is 32.2. The third-order valence-electron chi connectivity index (χ3n) is 4.90. The van der Waals surface area contributed by atoms with Gasteiger partial charge in [0.2, 0.25) is 0 Å². The number of anilines is 1. The van der Waals surface area contributed by atoms with Gasteiger partial charge in [-0.05, 0) is 36.2 Å². The molecule has 1 heterocycles. The Morgan fingerprint density at radius 2 is 1.84 bits per heavy atom. The van der Waals surface area contributed by atoms with Gasteiger partial charge in [0.15, 0.2) is 9.84 Å². The van der Waals surface area contributed by atoms with Gasteiger partial charge in [0, 0.05) is 23.6 Å². The van der Waals surface area contributed by atoms with Crippen LogP contribution in [0.25, 0.3) is 0 Å². The van der Waals surface area contributed by atoms with Gasteiger partial charge in [0.05, 0.1) is 16.8 Å². The number of hydrogen-bond acceptors (Lipinski definition) is 4. The first-order chi connectivity index (χ1) is 11.8. The number of benzene rings is 2. The third-order valence-corrected chi connectivity index (χ3v) is 7.06. The van der Waals surface area contributed by atoms with Gasteiger partial charge in [0.1, 0.15) is 0 Å². The minimum atomic E-state index is -3.48. The zero-order chi connectivity index (χ0) is 18.2. The summed E-state index contributed by atoms with van der Waals surface area (Å²) in [6.07, 6.45) is -0.803.